The van der Waals surface area contributed by atoms with Crippen molar-refractivity contribution >= 4 is 17.3 Å². The Morgan fingerprint density at radius 1 is 1.04 bits per heavy atom. The molecule has 1 N–H and O–H groups in total. The lowest BCUT2D eigenvalue weighted by molar-refractivity contribution is -0.384. The van der Waals surface area contributed by atoms with Gasteiger partial charge in [-0.3, -0.25) is 14.9 Å². The van der Waals surface area contributed by atoms with Crippen molar-refractivity contribution in [1.82, 2.24) is 0 Å². The molecule has 0 saturated carbocycles. The topological polar surface area (TPSA) is 81.5 Å². The number of benzene rings is 3. The molecule has 0 atom stereocenters. The monoisotopic (exact) mass is 362 g/mol. The van der Waals surface area contributed by atoms with E-state index in [1.807, 2.05) is 36.4 Å². The van der Waals surface area contributed by atoms with Crippen LogP contribution >= 0.6 is 0 Å². The zero-order valence-electron chi connectivity index (χ0n) is 14.7. The van der Waals surface area contributed by atoms with Gasteiger partial charge in [-0.2, -0.15) is 0 Å². The van der Waals surface area contributed by atoms with Crippen LogP contribution < -0.4 is 10.1 Å². The number of nitro benzene ring substituents is 1. The van der Waals surface area contributed by atoms with Crippen LogP contribution in [0.1, 0.15) is 21.5 Å². The lowest BCUT2D eigenvalue weighted by Crippen LogP contribution is -2.12. The highest BCUT2D eigenvalue weighted by atomic mass is 16.6. The van der Waals surface area contributed by atoms with Gasteiger partial charge in [0.1, 0.15) is 5.75 Å². The van der Waals surface area contributed by atoms with Crippen LogP contribution in [0, 0.1) is 10.1 Å². The van der Waals surface area contributed by atoms with Gasteiger partial charge in [0.25, 0.3) is 11.6 Å². The molecule has 0 radical (unpaired) electrons. The normalized spacial score (nSPS) is 10.3. The highest BCUT2D eigenvalue weighted by molar-refractivity contribution is 6.04. The average molecular weight is 362 g/mol. The van der Waals surface area contributed by atoms with Crippen molar-refractivity contribution in [3.05, 3.63) is 99.6 Å². The summed E-state index contributed by atoms with van der Waals surface area (Å²) in [6, 6.07) is 20.9. The van der Waals surface area contributed by atoms with Crippen molar-refractivity contribution in [2.45, 2.75) is 6.42 Å². The first-order valence-corrected chi connectivity index (χ1v) is 8.33. The lowest BCUT2D eigenvalue weighted by atomic mass is 10.0. The summed E-state index contributed by atoms with van der Waals surface area (Å²) in [5.41, 5.74) is 2.75. The molecule has 3 aromatic rings. The van der Waals surface area contributed by atoms with Crippen LogP contribution in [0.5, 0.6) is 5.75 Å². The first kappa shape index (κ1) is 18.1. The Balaban J connectivity index is 1.82. The number of hydrogen-bond acceptors (Lipinski definition) is 4. The maximum absolute atomic E-state index is 12.4. The van der Waals surface area contributed by atoms with Gasteiger partial charge in [-0.15, -0.1) is 0 Å². The summed E-state index contributed by atoms with van der Waals surface area (Å²) in [5.74, 6) is 0.321. The number of nitro groups is 1. The van der Waals surface area contributed by atoms with Crippen molar-refractivity contribution in [3.8, 4) is 5.75 Å². The summed E-state index contributed by atoms with van der Waals surface area (Å²) in [7, 11) is 1.60. The SMILES string of the molecule is COc1ccc(NC(=O)c2cccc([N+](=O)[O-])c2)cc1Cc1ccccc1. The van der Waals surface area contributed by atoms with Crippen molar-refractivity contribution < 1.29 is 14.5 Å². The maximum atomic E-state index is 12.4. The number of ether oxygens (including phenoxy) is 1. The molecule has 3 rings (SSSR count). The standard InChI is InChI=1S/C21H18N2O4/c1-27-20-11-10-18(13-17(20)12-15-6-3-2-4-7-15)22-21(24)16-8-5-9-19(14-16)23(25)26/h2-11,13-14H,12H2,1H3,(H,22,24). The predicted molar refractivity (Wildman–Crippen MR) is 103 cm³/mol. The molecule has 0 spiro atoms. The first-order valence-electron chi connectivity index (χ1n) is 8.33. The number of nitrogens with zero attached hydrogens (tertiary/aromatic N) is 1. The number of carbonyl (C=O) groups excluding carboxylic acids is 1. The zero-order chi connectivity index (χ0) is 19.2. The van der Waals surface area contributed by atoms with Gasteiger partial charge in [0.05, 0.1) is 12.0 Å². The predicted octanol–water partition coefficient (Wildman–Crippen LogP) is 4.45. The summed E-state index contributed by atoms with van der Waals surface area (Å²) < 4.78 is 5.42. The molecule has 0 bridgehead atoms. The number of non-ortho nitro benzene ring substituents is 1. The third-order valence-corrected chi connectivity index (χ3v) is 4.09. The quantitative estimate of drug-likeness (QED) is 0.519. The van der Waals surface area contributed by atoms with E-state index < -0.39 is 10.8 Å². The van der Waals surface area contributed by atoms with Crippen LogP contribution in [0.3, 0.4) is 0 Å². The number of rotatable bonds is 6. The molecule has 0 unspecified atom stereocenters. The van der Waals surface area contributed by atoms with E-state index in [4.69, 9.17) is 4.74 Å². The van der Waals surface area contributed by atoms with Gasteiger partial charge in [0, 0.05) is 35.4 Å². The maximum Gasteiger partial charge on any atom is 0.270 e. The van der Waals surface area contributed by atoms with E-state index >= 15 is 0 Å². The number of methoxy groups -OCH3 is 1. The molecule has 0 saturated heterocycles. The van der Waals surface area contributed by atoms with Gasteiger partial charge < -0.3 is 10.1 Å². The van der Waals surface area contributed by atoms with Crippen LogP contribution in [0.25, 0.3) is 0 Å². The minimum Gasteiger partial charge on any atom is -0.496 e. The van der Waals surface area contributed by atoms with E-state index in [1.54, 1.807) is 19.2 Å². The highest BCUT2D eigenvalue weighted by Gasteiger charge is 2.13. The summed E-state index contributed by atoms with van der Waals surface area (Å²) in [4.78, 5) is 22.8. The van der Waals surface area contributed by atoms with E-state index in [-0.39, 0.29) is 11.3 Å². The van der Waals surface area contributed by atoms with E-state index in [2.05, 4.69) is 5.32 Å². The summed E-state index contributed by atoms with van der Waals surface area (Å²) >= 11 is 0. The van der Waals surface area contributed by atoms with Crippen molar-refractivity contribution in [2.75, 3.05) is 12.4 Å². The third-order valence-electron chi connectivity index (χ3n) is 4.09. The Morgan fingerprint density at radius 3 is 2.52 bits per heavy atom. The molecule has 0 fully saturated rings. The van der Waals surface area contributed by atoms with Crippen molar-refractivity contribution in [3.63, 3.8) is 0 Å². The number of carbonyl (C=O) groups is 1. The molecule has 0 aliphatic rings. The van der Waals surface area contributed by atoms with Gasteiger partial charge in [-0.1, -0.05) is 36.4 Å². The van der Waals surface area contributed by atoms with E-state index in [9.17, 15) is 14.9 Å². The van der Waals surface area contributed by atoms with E-state index in [0.717, 1.165) is 16.9 Å². The Morgan fingerprint density at radius 2 is 1.81 bits per heavy atom. The van der Waals surface area contributed by atoms with Crippen LogP contribution in [-0.4, -0.2) is 17.9 Å². The molecule has 1 amide bonds. The molecule has 3 aromatic carbocycles. The zero-order valence-corrected chi connectivity index (χ0v) is 14.7. The molecular formula is C21H18N2O4. The molecule has 136 valence electrons. The van der Waals surface area contributed by atoms with E-state index in [0.29, 0.717) is 12.1 Å². The highest BCUT2D eigenvalue weighted by Crippen LogP contribution is 2.26. The minimum absolute atomic E-state index is 0.123. The van der Waals surface area contributed by atoms with E-state index in [1.165, 1.54) is 24.3 Å². The summed E-state index contributed by atoms with van der Waals surface area (Å²) in [5, 5.41) is 13.7. The van der Waals surface area contributed by atoms with Gasteiger partial charge >= 0.3 is 0 Å². The van der Waals surface area contributed by atoms with Crippen LogP contribution in [0.4, 0.5) is 11.4 Å². The van der Waals surface area contributed by atoms with Gasteiger partial charge in [0.15, 0.2) is 0 Å². The molecule has 0 aromatic heterocycles. The second-order valence-electron chi connectivity index (χ2n) is 5.95. The Bertz CT molecular complexity index is 971. The minimum atomic E-state index is -0.526. The van der Waals surface area contributed by atoms with Crippen molar-refractivity contribution in [2.24, 2.45) is 0 Å². The fourth-order valence-electron chi connectivity index (χ4n) is 2.77. The van der Waals surface area contributed by atoms with Crippen LogP contribution in [0.15, 0.2) is 72.8 Å². The summed E-state index contributed by atoms with van der Waals surface area (Å²) in [6.07, 6.45) is 0.657. The Kier molecular flexibility index (Phi) is 5.47. The average Bonchev–Trinajstić information content (AvgIpc) is 2.69. The number of anilines is 1. The lowest BCUT2D eigenvalue weighted by Gasteiger charge is -2.12. The second kappa shape index (κ2) is 8.14. The Hall–Kier alpha value is -3.67. The molecule has 0 aliphatic heterocycles. The fourth-order valence-corrected chi connectivity index (χ4v) is 2.77. The molecular weight excluding hydrogens is 344 g/mol. The number of hydrogen-bond donors (Lipinski definition) is 1. The second-order valence-corrected chi connectivity index (χ2v) is 5.95. The largest absolute Gasteiger partial charge is 0.496 e. The first-order chi connectivity index (χ1) is 13.1. The molecule has 27 heavy (non-hydrogen) atoms. The smallest absolute Gasteiger partial charge is 0.270 e. The molecule has 6 nitrogen and oxygen atoms in total. The number of amides is 1. The number of nitrogens with one attached hydrogen (secondary N) is 1. The molecule has 0 heterocycles. The van der Waals surface area contributed by atoms with Gasteiger partial charge in [-0.25, -0.2) is 0 Å². The Labute approximate surface area is 156 Å². The molecule has 0 aliphatic carbocycles. The van der Waals surface area contributed by atoms with Crippen molar-refractivity contribution in [1.29, 1.82) is 0 Å². The third kappa shape index (κ3) is 4.49. The van der Waals surface area contributed by atoms with Crippen LogP contribution in [0.2, 0.25) is 0 Å². The molecule has 6 heteroatoms. The fraction of sp³-hybridized carbons (Fsp3) is 0.0952. The van der Waals surface area contributed by atoms with Gasteiger partial charge in [0.2, 0.25) is 0 Å². The summed E-state index contributed by atoms with van der Waals surface area (Å²) in [6.45, 7) is 0. The van der Waals surface area contributed by atoms with Gasteiger partial charge in [-0.05, 0) is 29.8 Å². The van der Waals surface area contributed by atoms with Crippen LogP contribution in [-0.2, 0) is 6.42 Å².